The van der Waals surface area contributed by atoms with Gasteiger partial charge in [-0.3, -0.25) is 9.59 Å². The summed E-state index contributed by atoms with van der Waals surface area (Å²) in [7, 11) is 0. The van der Waals surface area contributed by atoms with Crippen LogP contribution in [0.2, 0.25) is 0 Å². The van der Waals surface area contributed by atoms with Gasteiger partial charge >= 0.3 is 0 Å². The summed E-state index contributed by atoms with van der Waals surface area (Å²) in [6, 6.07) is -0.568. The number of carbonyl (C=O) groups is 2. The van der Waals surface area contributed by atoms with Crippen LogP contribution in [-0.2, 0) is 19.1 Å². The van der Waals surface area contributed by atoms with Crippen LogP contribution in [0, 0.1) is 17.8 Å². The predicted molar refractivity (Wildman–Crippen MR) is 131 cm³/mol. The monoisotopic (exact) mass is 478 g/mol. The molecule has 0 saturated carbocycles. The first-order valence-corrected chi connectivity index (χ1v) is 13.6. The van der Waals surface area contributed by atoms with Crippen LogP contribution in [0.1, 0.15) is 59.8 Å². The molecule has 0 aromatic rings. The predicted octanol–water partition coefficient (Wildman–Crippen LogP) is 1.94. The summed E-state index contributed by atoms with van der Waals surface area (Å²) in [5.41, 5.74) is 0. The Morgan fingerprint density at radius 2 is 1.71 bits per heavy atom. The third-order valence-electron chi connectivity index (χ3n) is 7.85. The summed E-state index contributed by atoms with van der Waals surface area (Å²) < 4.78 is 12.5. The van der Waals surface area contributed by atoms with Gasteiger partial charge in [-0.2, -0.15) is 0 Å². The Labute approximate surface area is 205 Å². The Morgan fingerprint density at radius 3 is 2.26 bits per heavy atom. The molecule has 0 bridgehead atoms. The maximum Gasteiger partial charge on any atom is 0.245 e. The molecule has 34 heavy (non-hydrogen) atoms. The van der Waals surface area contributed by atoms with Gasteiger partial charge in [0.2, 0.25) is 11.8 Å². The zero-order chi connectivity index (χ0) is 24.3. The Balaban J connectivity index is 1.33. The van der Waals surface area contributed by atoms with Crippen LogP contribution < -0.4 is 5.32 Å². The lowest BCUT2D eigenvalue weighted by Crippen LogP contribution is -2.63. The van der Waals surface area contributed by atoms with Crippen LogP contribution in [0.3, 0.4) is 0 Å². The van der Waals surface area contributed by atoms with Crippen molar-refractivity contribution in [2.24, 2.45) is 17.8 Å². The smallest absolute Gasteiger partial charge is 0.245 e. The molecule has 8 heteroatoms. The van der Waals surface area contributed by atoms with Crippen molar-refractivity contribution in [1.29, 1.82) is 0 Å². The molecule has 194 valence electrons. The van der Waals surface area contributed by atoms with Gasteiger partial charge < -0.3 is 29.5 Å². The largest absolute Gasteiger partial charge is 0.349 e. The average Bonchev–Trinajstić information content (AvgIpc) is 2.77. The van der Waals surface area contributed by atoms with Gasteiger partial charge in [0.15, 0.2) is 5.79 Å². The molecule has 1 N–H and O–H groups in total. The summed E-state index contributed by atoms with van der Waals surface area (Å²) >= 11 is 0. The molecule has 4 aliphatic heterocycles. The van der Waals surface area contributed by atoms with E-state index in [1.54, 1.807) is 0 Å². The van der Waals surface area contributed by atoms with E-state index in [2.05, 4.69) is 37.9 Å². The van der Waals surface area contributed by atoms with E-state index in [4.69, 9.17) is 9.47 Å². The summed E-state index contributed by atoms with van der Waals surface area (Å²) in [6.07, 6.45) is 4.21. The molecule has 1 spiro atoms. The quantitative estimate of drug-likeness (QED) is 0.575. The second kappa shape index (κ2) is 11.2. The normalized spacial score (nSPS) is 27.5. The highest BCUT2D eigenvalue weighted by atomic mass is 16.7. The number of likely N-dealkylation sites (tertiary alicyclic amines) is 2. The van der Waals surface area contributed by atoms with Crippen LogP contribution in [0.4, 0.5) is 0 Å². The number of carbonyl (C=O) groups excluding carboxylic acids is 2. The first-order chi connectivity index (χ1) is 16.3. The van der Waals surface area contributed by atoms with Crippen molar-refractivity contribution in [3.05, 3.63) is 0 Å². The van der Waals surface area contributed by atoms with E-state index in [1.165, 1.54) is 19.5 Å². The molecule has 4 fully saturated rings. The fourth-order valence-electron chi connectivity index (χ4n) is 5.76. The maximum atomic E-state index is 13.7. The molecule has 0 aromatic heterocycles. The van der Waals surface area contributed by atoms with Gasteiger partial charge in [0.25, 0.3) is 0 Å². The zero-order valence-corrected chi connectivity index (χ0v) is 21.8. The van der Waals surface area contributed by atoms with E-state index in [0.717, 1.165) is 32.7 Å². The number of nitrogens with zero attached hydrogens (tertiary/aromatic N) is 3. The molecule has 0 radical (unpaired) electrons. The van der Waals surface area contributed by atoms with E-state index < -0.39 is 5.79 Å². The summed E-state index contributed by atoms with van der Waals surface area (Å²) in [5, 5.41) is 3.37. The van der Waals surface area contributed by atoms with Gasteiger partial charge in [0.05, 0.1) is 19.3 Å². The lowest BCUT2D eigenvalue weighted by atomic mass is 9.95. The summed E-state index contributed by atoms with van der Waals surface area (Å²) in [5.74, 6) is 0.847. The summed E-state index contributed by atoms with van der Waals surface area (Å²) in [6.45, 7) is 16.1. The van der Waals surface area contributed by atoms with Gasteiger partial charge in [-0.05, 0) is 44.2 Å². The highest BCUT2D eigenvalue weighted by molar-refractivity contribution is 5.90. The minimum absolute atomic E-state index is 0.0830. The van der Waals surface area contributed by atoms with Crippen molar-refractivity contribution >= 4 is 11.8 Å². The van der Waals surface area contributed by atoms with Crippen molar-refractivity contribution in [2.45, 2.75) is 77.7 Å². The lowest BCUT2D eigenvalue weighted by Gasteiger charge is -2.47. The molecule has 2 amide bonds. The maximum absolute atomic E-state index is 13.7. The van der Waals surface area contributed by atoms with E-state index in [9.17, 15) is 9.59 Å². The van der Waals surface area contributed by atoms with Gasteiger partial charge in [-0.25, -0.2) is 0 Å². The fraction of sp³-hybridized carbons (Fsp3) is 0.923. The first kappa shape index (κ1) is 25.9. The van der Waals surface area contributed by atoms with Crippen LogP contribution in [-0.4, -0.2) is 103 Å². The molecule has 4 rings (SSSR count). The molecular weight excluding hydrogens is 432 g/mol. The molecule has 0 aliphatic carbocycles. The topological polar surface area (TPSA) is 74.3 Å². The van der Waals surface area contributed by atoms with Crippen molar-refractivity contribution in [3.8, 4) is 0 Å². The minimum Gasteiger partial charge on any atom is -0.349 e. The molecule has 4 saturated heterocycles. The number of hydrogen-bond donors (Lipinski definition) is 1. The van der Waals surface area contributed by atoms with Crippen LogP contribution in [0.5, 0.6) is 0 Å². The SMILES string of the molecule is CC(C)C[C@@H]1NCCN([C@@H](CC(C)C)C(=O)N2CCC3(CC2)OCC(CN2CCC2)CO3)C1=O. The van der Waals surface area contributed by atoms with E-state index in [-0.39, 0.29) is 23.9 Å². The van der Waals surface area contributed by atoms with E-state index in [1.807, 2.05) is 9.80 Å². The second-order valence-electron chi connectivity index (χ2n) is 11.7. The third-order valence-corrected chi connectivity index (χ3v) is 7.85. The van der Waals surface area contributed by atoms with Crippen LogP contribution >= 0.6 is 0 Å². The van der Waals surface area contributed by atoms with E-state index >= 15 is 0 Å². The number of amides is 2. The first-order valence-electron chi connectivity index (χ1n) is 13.6. The molecule has 8 nitrogen and oxygen atoms in total. The lowest BCUT2D eigenvalue weighted by molar-refractivity contribution is -0.299. The molecular formula is C26H46N4O4. The number of hydrogen-bond acceptors (Lipinski definition) is 6. The average molecular weight is 479 g/mol. The third kappa shape index (κ3) is 6.12. The van der Waals surface area contributed by atoms with Gasteiger partial charge in [0, 0.05) is 51.5 Å². The van der Waals surface area contributed by atoms with Crippen LogP contribution in [0.15, 0.2) is 0 Å². The Morgan fingerprint density at radius 1 is 1.03 bits per heavy atom. The number of nitrogens with one attached hydrogen (secondary N) is 1. The number of ether oxygens (including phenoxy) is 2. The van der Waals surface area contributed by atoms with Crippen LogP contribution in [0.25, 0.3) is 0 Å². The van der Waals surface area contributed by atoms with Crippen molar-refractivity contribution in [3.63, 3.8) is 0 Å². The standard InChI is InChI=1S/C26H46N4O4/c1-19(2)14-22-24(31)30(13-8-27-22)23(15-20(3)4)25(32)29-11-6-26(7-12-29)33-17-21(18-34-26)16-28-9-5-10-28/h19-23,27H,5-18H2,1-4H3/t22-,23-/m0/s1. The Hall–Kier alpha value is -1.22. The molecule has 2 atom stereocenters. The molecule has 4 heterocycles. The van der Waals surface area contributed by atoms with Gasteiger partial charge in [0.1, 0.15) is 6.04 Å². The number of piperazine rings is 1. The Bertz CT molecular complexity index is 693. The molecule has 4 aliphatic rings. The van der Waals surface area contributed by atoms with E-state index in [0.29, 0.717) is 56.7 Å². The van der Waals surface area contributed by atoms with Crippen molar-refractivity contribution in [2.75, 3.05) is 59.0 Å². The fourth-order valence-corrected chi connectivity index (χ4v) is 5.76. The zero-order valence-electron chi connectivity index (χ0n) is 21.8. The number of piperidine rings is 1. The summed E-state index contributed by atoms with van der Waals surface area (Å²) in [4.78, 5) is 33.3. The second-order valence-corrected chi connectivity index (χ2v) is 11.7. The molecule has 0 aromatic carbocycles. The van der Waals surface area contributed by atoms with Crippen molar-refractivity contribution < 1.29 is 19.1 Å². The Kier molecular flexibility index (Phi) is 8.54. The molecule has 0 unspecified atom stereocenters. The van der Waals surface area contributed by atoms with Gasteiger partial charge in [-0.1, -0.05) is 27.7 Å². The highest BCUT2D eigenvalue weighted by Crippen LogP contribution is 2.33. The minimum atomic E-state index is -0.539. The van der Waals surface area contributed by atoms with Gasteiger partial charge in [-0.15, -0.1) is 0 Å². The van der Waals surface area contributed by atoms with Crippen molar-refractivity contribution in [1.82, 2.24) is 20.0 Å². The highest BCUT2D eigenvalue weighted by Gasteiger charge is 2.44. The number of rotatable bonds is 8.